The average Bonchev–Trinajstić information content (AvgIpc) is 2.38. The molecule has 0 aliphatic carbocycles. The first-order valence-electron chi connectivity index (χ1n) is 6.36. The minimum Gasteiger partial charge on any atom is -0.371 e. The molecule has 19 heavy (non-hydrogen) atoms. The van der Waals surface area contributed by atoms with Gasteiger partial charge in [0.05, 0.1) is 17.1 Å². The molecule has 1 aliphatic heterocycles. The Hall–Kier alpha value is -0.950. The molecule has 0 spiro atoms. The van der Waals surface area contributed by atoms with E-state index in [-0.39, 0.29) is 12.2 Å². The van der Waals surface area contributed by atoms with Gasteiger partial charge in [-0.05, 0) is 25.5 Å². The summed E-state index contributed by atoms with van der Waals surface area (Å²) >= 11 is 0. The Morgan fingerprint density at radius 1 is 1.37 bits per heavy atom. The van der Waals surface area contributed by atoms with Crippen molar-refractivity contribution in [3.8, 4) is 0 Å². The molecule has 5 nitrogen and oxygen atoms in total. The number of hydrogen-bond acceptors (Lipinski definition) is 4. The minimum absolute atomic E-state index is 0.138. The summed E-state index contributed by atoms with van der Waals surface area (Å²) < 4.78 is 32.4. The number of rotatable bonds is 3. The number of sulfonamides is 1. The molecule has 106 valence electrons. The first-order valence-corrected chi connectivity index (χ1v) is 7.80. The molecule has 1 saturated heterocycles. The molecule has 0 radical (unpaired) electrons. The summed E-state index contributed by atoms with van der Waals surface area (Å²) in [6, 6.07) is 7.02. The van der Waals surface area contributed by atoms with Crippen LogP contribution in [-0.4, -0.2) is 44.6 Å². The van der Waals surface area contributed by atoms with E-state index in [1.54, 1.807) is 25.1 Å². The van der Waals surface area contributed by atoms with Crippen LogP contribution >= 0.6 is 0 Å². The predicted octanol–water partition coefficient (Wildman–Crippen LogP) is 0.732. The van der Waals surface area contributed by atoms with Gasteiger partial charge in [0.1, 0.15) is 0 Å². The van der Waals surface area contributed by atoms with Gasteiger partial charge in [-0.3, -0.25) is 0 Å². The van der Waals surface area contributed by atoms with E-state index in [4.69, 9.17) is 10.5 Å². The van der Waals surface area contributed by atoms with E-state index < -0.39 is 10.0 Å². The number of benzene rings is 1. The molecule has 1 aliphatic rings. The third kappa shape index (κ3) is 2.97. The lowest BCUT2D eigenvalue weighted by atomic mass is 10.2. The van der Waals surface area contributed by atoms with Crippen molar-refractivity contribution in [1.29, 1.82) is 0 Å². The quantitative estimate of drug-likeness (QED) is 0.888. The van der Waals surface area contributed by atoms with E-state index in [0.29, 0.717) is 24.5 Å². The van der Waals surface area contributed by atoms with Crippen molar-refractivity contribution in [2.75, 3.05) is 19.6 Å². The van der Waals surface area contributed by atoms with Crippen LogP contribution in [-0.2, 0) is 14.8 Å². The van der Waals surface area contributed by atoms with Gasteiger partial charge in [0.25, 0.3) is 0 Å². The van der Waals surface area contributed by atoms with Gasteiger partial charge in [-0.1, -0.05) is 18.2 Å². The van der Waals surface area contributed by atoms with Crippen LogP contribution in [0.4, 0.5) is 0 Å². The second-order valence-corrected chi connectivity index (χ2v) is 6.80. The van der Waals surface area contributed by atoms with Crippen LogP contribution < -0.4 is 5.73 Å². The zero-order valence-electron chi connectivity index (χ0n) is 11.2. The lowest BCUT2D eigenvalue weighted by Crippen LogP contribution is -2.51. The third-order valence-corrected chi connectivity index (χ3v) is 5.26. The lowest BCUT2D eigenvalue weighted by Gasteiger charge is -2.35. The van der Waals surface area contributed by atoms with Crippen LogP contribution in [0.15, 0.2) is 29.2 Å². The number of aryl methyl sites for hydroxylation is 1. The Bertz CT molecular complexity index is 545. The third-order valence-electron chi connectivity index (χ3n) is 3.27. The van der Waals surface area contributed by atoms with Gasteiger partial charge in [0.15, 0.2) is 0 Å². The highest BCUT2D eigenvalue weighted by Crippen LogP contribution is 2.23. The van der Waals surface area contributed by atoms with E-state index in [1.165, 1.54) is 4.31 Å². The smallest absolute Gasteiger partial charge is 0.243 e. The highest BCUT2D eigenvalue weighted by molar-refractivity contribution is 7.89. The first-order chi connectivity index (χ1) is 8.95. The largest absolute Gasteiger partial charge is 0.371 e. The van der Waals surface area contributed by atoms with E-state index in [2.05, 4.69) is 0 Å². The Labute approximate surface area is 114 Å². The maximum absolute atomic E-state index is 12.6. The summed E-state index contributed by atoms with van der Waals surface area (Å²) in [7, 11) is -3.47. The number of nitrogens with two attached hydrogens (primary N) is 1. The SMILES string of the molecule is Cc1ccccc1S(=O)(=O)N1CC(C)OC(CN)C1. The van der Waals surface area contributed by atoms with Crippen molar-refractivity contribution in [2.45, 2.75) is 31.0 Å². The molecule has 0 saturated carbocycles. The zero-order valence-corrected chi connectivity index (χ0v) is 12.1. The Kier molecular flexibility index (Phi) is 4.25. The molecule has 6 heteroatoms. The zero-order chi connectivity index (χ0) is 14.0. The highest BCUT2D eigenvalue weighted by atomic mass is 32.2. The molecule has 1 fully saturated rings. The van der Waals surface area contributed by atoms with Crippen molar-refractivity contribution in [2.24, 2.45) is 5.73 Å². The van der Waals surface area contributed by atoms with Crippen molar-refractivity contribution >= 4 is 10.0 Å². The molecule has 2 rings (SSSR count). The van der Waals surface area contributed by atoms with Crippen LogP contribution in [0.25, 0.3) is 0 Å². The minimum atomic E-state index is -3.47. The molecule has 0 aromatic heterocycles. The maximum atomic E-state index is 12.6. The number of nitrogens with zero attached hydrogens (tertiary/aromatic N) is 1. The number of hydrogen-bond donors (Lipinski definition) is 1. The Morgan fingerprint density at radius 2 is 2.05 bits per heavy atom. The summed E-state index contributed by atoms with van der Waals surface area (Å²) in [6.07, 6.45) is -0.372. The van der Waals surface area contributed by atoms with Crippen LogP contribution in [0, 0.1) is 6.92 Å². The molecule has 1 heterocycles. The van der Waals surface area contributed by atoms with Gasteiger partial charge >= 0.3 is 0 Å². The van der Waals surface area contributed by atoms with E-state index in [9.17, 15) is 8.42 Å². The standard InChI is InChI=1S/C13H20N2O3S/c1-10-5-3-4-6-13(10)19(16,17)15-8-11(2)18-12(7-14)9-15/h3-6,11-12H,7-9,14H2,1-2H3. The molecule has 1 aromatic rings. The monoisotopic (exact) mass is 284 g/mol. The fourth-order valence-corrected chi connectivity index (χ4v) is 4.09. The van der Waals surface area contributed by atoms with Gasteiger partial charge in [-0.15, -0.1) is 0 Å². The summed E-state index contributed by atoms with van der Waals surface area (Å²) in [5.41, 5.74) is 6.35. The second-order valence-electron chi connectivity index (χ2n) is 4.89. The highest BCUT2D eigenvalue weighted by Gasteiger charge is 2.33. The van der Waals surface area contributed by atoms with Crippen molar-refractivity contribution < 1.29 is 13.2 Å². The molecule has 2 N–H and O–H groups in total. The molecule has 2 atom stereocenters. The molecule has 0 bridgehead atoms. The van der Waals surface area contributed by atoms with Gasteiger partial charge in [-0.2, -0.15) is 4.31 Å². The van der Waals surface area contributed by atoms with Crippen LogP contribution in [0.5, 0.6) is 0 Å². The molecule has 2 unspecified atom stereocenters. The van der Waals surface area contributed by atoms with Gasteiger partial charge in [-0.25, -0.2) is 8.42 Å². The first kappa shape index (κ1) is 14.5. The van der Waals surface area contributed by atoms with E-state index >= 15 is 0 Å². The fourth-order valence-electron chi connectivity index (χ4n) is 2.31. The molecular weight excluding hydrogens is 264 g/mol. The fraction of sp³-hybridized carbons (Fsp3) is 0.538. The van der Waals surface area contributed by atoms with Crippen molar-refractivity contribution in [3.05, 3.63) is 29.8 Å². The maximum Gasteiger partial charge on any atom is 0.243 e. The van der Waals surface area contributed by atoms with Crippen LogP contribution in [0.1, 0.15) is 12.5 Å². The van der Waals surface area contributed by atoms with Gasteiger partial charge in [0, 0.05) is 19.6 Å². The van der Waals surface area contributed by atoms with Gasteiger partial charge in [0.2, 0.25) is 10.0 Å². The Balaban J connectivity index is 2.32. The number of morpholine rings is 1. The summed E-state index contributed by atoms with van der Waals surface area (Å²) in [6.45, 7) is 4.67. The van der Waals surface area contributed by atoms with Crippen LogP contribution in [0.3, 0.4) is 0 Å². The topological polar surface area (TPSA) is 72.6 Å². The average molecular weight is 284 g/mol. The Morgan fingerprint density at radius 3 is 2.68 bits per heavy atom. The molecular formula is C13H20N2O3S. The second kappa shape index (κ2) is 5.58. The van der Waals surface area contributed by atoms with Crippen molar-refractivity contribution in [3.63, 3.8) is 0 Å². The lowest BCUT2D eigenvalue weighted by molar-refractivity contribution is -0.0486. The van der Waals surface area contributed by atoms with Gasteiger partial charge < -0.3 is 10.5 Å². The van der Waals surface area contributed by atoms with E-state index in [0.717, 1.165) is 5.56 Å². The molecule has 0 amide bonds. The predicted molar refractivity (Wildman–Crippen MR) is 73.3 cm³/mol. The summed E-state index contributed by atoms with van der Waals surface area (Å²) in [5.74, 6) is 0. The summed E-state index contributed by atoms with van der Waals surface area (Å²) in [4.78, 5) is 0.361. The number of ether oxygens (including phenoxy) is 1. The summed E-state index contributed by atoms with van der Waals surface area (Å²) in [5, 5.41) is 0. The van der Waals surface area contributed by atoms with E-state index in [1.807, 2.05) is 13.0 Å². The normalized spacial score (nSPS) is 25.4. The molecule has 1 aromatic carbocycles. The van der Waals surface area contributed by atoms with Crippen molar-refractivity contribution in [1.82, 2.24) is 4.31 Å². The van der Waals surface area contributed by atoms with Crippen LogP contribution in [0.2, 0.25) is 0 Å².